The summed E-state index contributed by atoms with van der Waals surface area (Å²) in [4.78, 5) is 37.4. The Kier molecular flexibility index (Phi) is 7.87. The summed E-state index contributed by atoms with van der Waals surface area (Å²) < 4.78 is 16.6. The summed E-state index contributed by atoms with van der Waals surface area (Å²) in [6.07, 6.45) is 6.17. The smallest absolute Gasteiger partial charge is 0.333 e. The number of benzene rings is 1. The molecule has 0 spiro atoms. The predicted octanol–water partition coefficient (Wildman–Crippen LogP) is 5.09. The molecule has 0 amide bonds. The summed E-state index contributed by atoms with van der Waals surface area (Å²) in [5.74, 6) is 0.598. The van der Waals surface area contributed by atoms with Crippen molar-refractivity contribution < 1.29 is 9.47 Å². The van der Waals surface area contributed by atoms with Crippen LogP contribution in [-0.2, 0) is 22.6 Å². The van der Waals surface area contributed by atoms with Crippen molar-refractivity contribution in [2.24, 2.45) is 0 Å². The van der Waals surface area contributed by atoms with Gasteiger partial charge in [0.1, 0.15) is 11.0 Å². The van der Waals surface area contributed by atoms with Crippen molar-refractivity contribution in [3.8, 4) is 11.4 Å². The normalized spacial score (nSPS) is 17.8. The molecular weight excluding hydrogens is 530 g/mol. The molecule has 1 aliphatic carbocycles. The molecule has 10 heteroatoms. The summed E-state index contributed by atoms with van der Waals surface area (Å²) in [5.41, 5.74) is 2.72. The van der Waals surface area contributed by atoms with Gasteiger partial charge in [0.15, 0.2) is 17.5 Å². The summed E-state index contributed by atoms with van der Waals surface area (Å²) in [7, 11) is 0. The third-order valence-electron chi connectivity index (χ3n) is 7.95. The van der Waals surface area contributed by atoms with Gasteiger partial charge in [-0.2, -0.15) is 0 Å². The first-order valence-corrected chi connectivity index (χ1v) is 14.6. The molecule has 1 saturated heterocycles. The molecule has 1 aromatic carbocycles. The molecule has 0 bridgehead atoms. The van der Waals surface area contributed by atoms with Crippen LogP contribution in [0.15, 0.2) is 52.1 Å². The summed E-state index contributed by atoms with van der Waals surface area (Å²) in [5, 5.41) is 0.390. The number of rotatable bonds is 9. The summed E-state index contributed by atoms with van der Waals surface area (Å²) in [6, 6.07) is 13.6. The van der Waals surface area contributed by atoms with E-state index in [2.05, 4.69) is 4.98 Å². The molecule has 2 aliphatic rings. The Morgan fingerprint density at radius 3 is 2.52 bits per heavy atom. The van der Waals surface area contributed by atoms with Crippen LogP contribution in [0.2, 0.25) is 5.15 Å². The molecule has 1 atom stereocenters. The van der Waals surface area contributed by atoms with E-state index in [1.807, 2.05) is 47.9 Å². The highest BCUT2D eigenvalue weighted by Crippen LogP contribution is 2.34. The Labute approximate surface area is 237 Å². The Balaban J connectivity index is 1.47. The fraction of sp³-hybridized carbons (Fsp3) is 0.467. The lowest BCUT2D eigenvalue weighted by atomic mass is 9.93. The van der Waals surface area contributed by atoms with Crippen LogP contribution >= 0.6 is 11.6 Å². The second kappa shape index (κ2) is 11.7. The highest BCUT2D eigenvalue weighted by atomic mass is 35.5. The van der Waals surface area contributed by atoms with Gasteiger partial charge in [0, 0.05) is 37.0 Å². The topological polar surface area (TPSA) is 93.2 Å². The Hall–Kier alpha value is -3.27. The minimum atomic E-state index is -0.334. The van der Waals surface area contributed by atoms with E-state index >= 15 is 0 Å². The van der Waals surface area contributed by atoms with Gasteiger partial charge in [-0.3, -0.25) is 13.9 Å². The van der Waals surface area contributed by atoms with Crippen molar-refractivity contribution in [1.82, 2.24) is 23.7 Å². The van der Waals surface area contributed by atoms with Crippen molar-refractivity contribution in [1.29, 1.82) is 0 Å². The molecule has 9 nitrogen and oxygen atoms in total. The molecule has 4 heterocycles. The lowest BCUT2D eigenvalue weighted by Gasteiger charge is -2.28. The molecule has 4 aromatic rings. The van der Waals surface area contributed by atoms with Crippen molar-refractivity contribution in [3.05, 3.63) is 79.7 Å². The molecule has 1 saturated carbocycles. The SMILES string of the molecule is Cc1nc(Cl)ccc1-c1nc2c(c(=O)n(CCCOC3CCCCO3)c(=O)n2C2CCC2)n1Cc1ccccc1. The molecule has 40 heavy (non-hydrogen) atoms. The second-order valence-electron chi connectivity index (χ2n) is 10.7. The number of aromatic nitrogens is 5. The van der Waals surface area contributed by atoms with Gasteiger partial charge >= 0.3 is 5.69 Å². The van der Waals surface area contributed by atoms with E-state index in [9.17, 15) is 9.59 Å². The van der Waals surface area contributed by atoms with E-state index in [0.29, 0.717) is 54.0 Å². The number of imidazole rings is 1. The van der Waals surface area contributed by atoms with Crippen LogP contribution in [0, 0.1) is 6.92 Å². The van der Waals surface area contributed by atoms with Crippen LogP contribution in [0.5, 0.6) is 0 Å². The molecule has 2 fully saturated rings. The molecule has 1 aliphatic heterocycles. The molecule has 0 radical (unpaired) electrons. The molecular formula is C30H34ClN5O4. The minimum Gasteiger partial charge on any atom is -0.353 e. The van der Waals surface area contributed by atoms with E-state index in [0.717, 1.165) is 49.7 Å². The lowest BCUT2D eigenvalue weighted by molar-refractivity contribution is -0.163. The van der Waals surface area contributed by atoms with E-state index in [4.69, 9.17) is 26.1 Å². The lowest BCUT2D eigenvalue weighted by Crippen LogP contribution is -2.43. The molecule has 0 N–H and O–H groups in total. The Morgan fingerprint density at radius 1 is 1.00 bits per heavy atom. The Bertz CT molecular complexity index is 1620. The maximum atomic E-state index is 14.1. The zero-order valence-corrected chi connectivity index (χ0v) is 23.5. The molecule has 3 aromatic heterocycles. The van der Waals surface area contributed by atoms with Gasteiger partial charge in [0.25, 0.3) is 5.56 Å². The van der Waals surface area contributed by atoms with Crippen LogP contribution in [0.3, 0.4) is 0 Å². The zero-order chi connectivity index (χ0) is 27.6. The maximum absolute atomic E-state index is 14.1. The second-order valence-corrected chi connectivity index (χ2v) is 11.0. The first-order chi connectivity index (χ1) is 19.5. The standard InChI is InChI=1S/C30H34ClN5O4/c1-20-23(14-15-24(31)32-20)27-33-28-26(35(27)19-21-9-3-2-4-10-21)29(37)34(30(38)36(28)22-11-7-12-22)16-8-18-40-25-13-5-6-17-39-25/h2-4,9-10,14-15,22,25H,5-8,11-13,16-19H2,1H3. The van der Waals surface area contributed by atoms with E-state index in [1.165, 1.54) is 4.57 Å². The number of fused-ring (bicyclic) bond motifs is 1. The van der Waals surface area contributed by atoms with Crippen LogP contribution < -0.4 is 11.2 Å². The zero-order valence-electron chi connectivity index (χ0n) is 22.7. The summed E-state index contributed by atoms with van der Waals surface area (Å²) >= 11 is 6.17. The van der Waals surface area contributed by atoms with Crippen LogP contribution in [0.4, 0.5) is 0 Å². The number of ether oxygens (including phenoxy) is 2. The first-order valence-electron chi connectivity index (χ1n) is 14.2. The monoisotopic (exact) mass is 563 g/mol. The van der Waals surface area contributed by atoms with Crippen molar-refractivity contribution in [3.63, 3.8) is 0 Å². The van der Waals surface area contributed by atoms with Gasteiger partial charge in [-0.1, -0.05) is 41.9 Å². The average Bonchev–Trinajstić information content (AvgIpc) is 3.29. The fourth-order valence-corrected chi connectivity index (χ4v) is 5.79. The van der Waals surface area contributed by atoms with Gasteiger partial charge in [-0.05, 0) is 69.6 Å². The van der Waals surface area contributed by atoms with E-state index < -0.39 is 0 Å². The van der Waals surface area contributed by atoms with Crippen LogP contribution in [-0.4, -0.2) is 43.2 Å². The van der Waals surface area contributed by atoms with Crippen molar-refractivity contribution >= 4 is 22.8 Å². The number of aryl methyl sites for hydroxylation is 1. The fourth-order valence-electron chi connectivity index (χ4n) is 5.60. The van der Waals surface area contributed by atoms with Crippen molar-refractivity contribution in [2.45, 2.75) is 77.3 Å². The number of hydrogen-bond acceptors (Lipinski definition) is 6. The Morgan fingerprint density at radius 2 is 1.82 bits per heavy atom. The van der Waals surface area contributed by atoms with Crippen molar-refractivity contribution in [2.75, 3.05) is 13.2 Å². The quantitative estimate of drug-likeness (QED) is 0.208. The van der Waals surface area contributed by atoms with Gasteiger partial charge in [0.2, 0.25) is 0 Å². The summed E-state index contributed by atoms with van der Waals surface area (Å²) in [6.45, 7) is 3.70. The molecule has 6 rings (SSSR count). The van der Waals surface area contributed by atoms with Gasteiger partial charge < -0.3 is 14.0 Å². The molecule has 1 unspecified atom stereocenters. The minimum absolute atomic E-state index is 0.0195. The van der Waals surface area contributed by atoms with Crippen LogP contribution in [0.25, 0.3) is 22.6 Å². The highest BCUT2D eigenvalue weighted by molar-refractivity contribution is 6.29. The van der Waals surface area contributed by atoms with Gasteiger partial charge in [0.05, 0.1) is 6.61 Å². The average molecular weight is 564 g/mol. The van der Waals surface area contributed by atoms with Gasteiger partial charge in [-0.15, -0.1) is 0 Å². The predicted molar refractivity (Wildman–Crippen MR) is 154 cm³/mol. The third kappa shape index (κ3) is 5.25. The highest BCUT2D eigenvalue weighted by Gasteiger charge is 2.29. The van der Waals surface area contributed by atoms with Gasteiger partial charge in [-0.25, -0.2) is 14.8 Å². The third-order valence-corrected chi connectivity index (χ3v) is 8.16. The number of hydrogen-bond donors (Lipinski definition) is 0. The first kappa shape index (κ1) is 26.9. The number of pyridine rings is 1. The maximum Gasteiger partial charge on any atom is 0.333 e. The van der Waals surface area contributed by atoms with E-state index in [1.54, 1.807) is 10.6 Å². The largest absolute Gasteiger partial charge is 0.353 e. The number of halogens is 1. The van der Waals surface area contributed by atoms with Crippen LogP contribution in [0.1, 0.15) is 62.2 Å². The van der Waals surface area contributed by atoms with E-state index in [-0.39, 0.29) is 30.1 Å². The number of nitrogens with zero attached hydrogens (tertiary/aromatic N) is 5. The molecule has 210 valence electrons.